The number of hydrogen-bond acceptors (Lipinski definition) is 5. The molecule has 0 radical (unpaired) electrons. The van der Waals surface area contributed by atoms with E-state index in [-0.39, 0.29) is 4.90 Å². The zero-order valence-corrected chi connectivity index (χ0v) is 17.8. The number of sulfonamides is 1. The first-order chi connectivity index (χ1) is 14.3. The van der Waals surface area contributed by atoms with Crippen LogP contribution in [0.1, 0.15) is 11.1 Å². The lowest BCUT2D eigenvalue weighted by molar-refractivity contribution is -0.114. The summed E-state index contributed by atoms with van der Waals surface area (Å²) in [6.07, 6.45) is 3.15. The molecule has 0 aliphatic rings. The van der Waals surface area contributed by atoms with Crippen LogP contribution >= 0.6 is 0 Å². The quantitative estimate of drug-likeness (QED) is 0.625. The van der Waals surface area contributed by atoms with Crippen molar-refractivity contribution in [2.24, 2.45) is 0 Å². The number of amides is 1. The van der Waals surface area contributed by atoms with Crippen LogP contribution in [0, 0.1) is 13.8 Å². The number of benzene rings is 2. The highest BCUT2D eigenvalue weighted by molar-refractivity contribution is 7.92. The molecule has 1 N–H and O–H groups in total. The maximum Gasteiger partial charge on any atom is 0.264 e. The zero-order chi connectivity index (χ0) is 21.7. The molecule has 1 amide bonds. The maximum atomic E-state index is 13.4. The Morgan fingerprint density at radius 2 is 1.80 bits per heavy atom. The number of hydrogen-bond donors (Lipinski definition) is 1. The lowest BCUT2D eigenvalue weighted by Crippen LogP contribution is -2.38. The largest absolute Gasteiger partial charge is 0.497 e. The number of anilines is 2. The molecule has 0 unspecified atom stereocenters. The van der Waals surface area contributed by atoms with Crippen molar-refractivity contribution in [1.82, 2.24) is 4.98 Å². The van der Waals surface area contributed by atoms with E-state index in [2.05, 4.69) is 10.3 Å². The van der Waals surface area contributed by atoms with E-state index >= 15 is 0 Å². The minimum absolute atomic E-state index is 0.0950. The molecule has 0 saturated heterocycles. The van der Waals surface area contributed by atoms with E-state index in [1.54, 1.807) is 55.6 Å². The molecule has 0 saturated carbocycles. The topological polar surface area (TPSA) is 88.6 Å². The molecule has 156 valence electrons. The number of rotatable bonds is 7. The van der Waals surface area contributed by atoms with Gasteiger partial charge >= 0.3 is 0 Å². The monoisotopic (exact) mass is 425 g/mol. The summed E-state index contributed by atoms with van der Waals surface area (Å²) in [5.41, 5.74) is 2.42. The lowest BCUT2D eigenvalue weighted by atomic mass is 10.2. The Balaban J connectivity index is 2.02. The Morgan fingerprint density at radius 1 is 1.07 bits per heavy atom. The molecule has 3 rings (SSSR count). The molecule has 0 spiro atoms. The highest BCUT2D eigenvalue weighted by atomic mass is 32.2. The van der Waals surface area contributed by atoms with E-state index < -0.39 is 22.5 Å². The summed E-state index contributed by atoms with van der Waals surface area (Å²) < 4.78 is 33.2. The number of nitrogens with one attached hydrogen (secondary N) is 1. The van der Waals surface area contributed by atoms with Gasteiger partial charge < -0.3 is 10.1 Å². The Bertz CT molecular complexity index is 1150. The summed E-state index contributed by atoms with van der Waals surface area (Å²) >= 11 is 0. The number of nitrogens with zero attached hydrogens (tertiary/aromatic N) is 2. The van der Waals surface area contributed by atoms with Gasteiger partial charge in [-0.1, -0.05) is 24.3 Å². The number of carbonyl (C=O) groups excluding carboxylic acids is 1. The summed E-state index contributed by atoms with van der Waals surface area (Å²) in [4.78, 5) is 16.9. The molecule has 8 heteroatoms. The lowest BCUT2D eigenvalue weighted by Gasteiger charge is -2.26. The van der Waals surface area contributed by atoms with Crippen LogP contribution in [-0.4, -0.2) is 33.0 Å². The van der Waals surface area contributed by atoms with E-state index in [4.69, 9.17) is 4.74 Å². The van der Waals surface area contributed by atoms with Crippen molar-refractivity contribution in [3.8, 4) is 5.75 Å². The summed E-state index contributed by atoms with van der Waals surface area (Å²) in [5, 5.41) is 2.74. The molecule has 3 aromatic rings. The maximum absolute atomic E-state index is 13.4. The van der Waals surface area contributed by atoms with Gasteiger partial charge in [0.2, 0.25) is 5.91 Å². The fraction of sp³-hybridized carbons (Fsp3) is 0.182. The first-order valence-electron chi connectivity index (χ1n) is 9.26. The third kappa shape index (κ3) is 4.60. The molecule has 0 bridgehead atoms. The van der Waals surface area contributed by atoms with Crippen LogP contribution in [0.15, 0.2) is 71.9 Å². The van der Waals surface area contributed by atoms with E-state index in [9.17, 15) is 13.2 Å². The summed E-state index contributed by atoms with van der Waals surface area (Å²) in [6, 6.07) is 14.9. The normalized spacial score (nSPS) is 11.0. The van der Waals surface area contributed by atoms with Crippen LogP contribution in [-0.2, 0) is 14.8 Å². The minimum atomic E-state index is -4.00. The first-order valence-corrected chi connectivity index (χ1v) is 10.7. The van der Waals surface area contributed by atoms with E-state index in [0.717, 1.165) is 9.87 Å². The molecular weight excluding hydrogens is 402 g/mol. The average molecular weight is 426 g/mol. The number of methoxy groups -OCH3 is 1. The van der Waals surface area contributed by atoms with Crippen molar-refractivity contribution in [2.75, 3.05) is 23.3 Å². The number of carbonyl (C=O) groups is 1. The minimum Gasteiger partial charge on any atom is -0.497 e. The Labute approximate surface area is 176 Å². The van der Waals surface area contributed by atoms with Gasteiger partial charge in [-0.25, -0.2) is 8.42 Å². The highest BCUT2D eigenvalue weighted by Gasteiger charge is 2.28. The standard InChI is InChI=1S/C22H23N3O4S/c1-16-11-12-23-14-20(16)24-22(26)15-25(21-13-18(29-3)10-9-17(21)2)30(27,28)19-7-5-4-6-8-19/h4-14H,15H2,1-3H3,(H,24,26). The molecule has 2 aromatic carbocycles. The molecule has 0 fully saturated rings. The molecular formula is C22H23N3O4S. The van der Waals surface area contributed by atoms with Gasteiger partial charge in [-0.3, -0.25) is 14.1 Å². The summed E-state index contributed by atoms with van der Waals surface area (Å²) in [5.74, 6) is 0.0141. The third-order valence-electron chi connectivity index (χ3n) is 4.62. The van der Waals surface area contributed by atoms with Gasteiger partial charge in [0.1, 0.15) is 12.3 Å². The van der Waals surface area contributed by atoms with E-state index in [0.29, 0.717) is 22.7 Å². The van der Waals surface area contributed by atoms with Gasteiger partial charge in [-0.15, -0.1) is 0 Å². The van der Waals surface area contributed by atoms with Crippen LogP contribution in [0.4, 0.5) is 11.4 Å². The van der Waals surface area contributed by atoms with Crippen LogP contribution in [0.3, 0.4) is 0 Å². The number of ether oxygens (including phenoxy) is 1. The molecule has 1 heterocycles. The number of aryl methyl sites for hydroxylation is 2. The molecule has 7 nitrogen and oxygen atoms in total. The van der Waals surface area contributed by atoms with Crippen molar-refractivity contribution in [3.63, 3.8) is 0 Å². The molecule has 1 aromatic heterocycles. The van der Waals surface area contributed by atoms with Gasteiger partial charge in [-0.05, 0) is 49.2 Å². The fourth-order valence-electron chi connectivity index (χ4n) is 2.92. The number of aromatic nitrogens is 1. The van der Waals surface area contributed by atoms with Gasteiger partial charge in [0, 0.05) is 12.3 Å². The van der Waals surface area contributed by atoms with Crippen LogP contribution in [0.25, 0.3) is 0 Å². The summed E-state index contributed by atoms with van der Waals surface area (Å²) in [6.45, 7) is 3.22. The van der Waals surface area contributed by atoms with Crippen LogP contribution < -0.4 is 14.4 Å². The molecule has 0 atom stereocenters. The smallest absolute Gasteiger partial charge is 0.264 e. The van der Waals surface area contributed by atoms with Crippen molar-refractivity contribution in [3.05, 3.63) is 78.1 Å². The molecule has 30 heavy (non-hydrogen) atoms. The van der Waals surface area contributed by atoms with E-state index in [1.165, 1.54) is 25.4 Å². The van der Waals surface area contributed by atoms with Crippen LogP contribution in [0.5, 0.6) is 5.75 Å². The molecule has 0 aliphatic carbocycles. The fourth-order valence-corrected chi connectivity index (χ4v) is 4.42. The third-order valence-corrected chi connectivity index (χ3v) is 6.39. The summed E-state index contributed by atoms with van der Waals surface area (Å²) in [7, 11) is -2.50. The van der Waals surface area contributed by atoms with Gasteiger partial charge in [-0.2, -0.15) is 0 Å². The average Bonchev–Trinajstić information content (AvgIpc) is 2.75. The van der Waals surface area contributed by atoms with Crippen LogP contribution in [0.2, 0.25) is 0 Å². The second kappa shape index (κ2) is 8.96. The predicted octanol–water partition coefficient (Wildman–Crippen LogP) is 3.54. The SMILES string of the molecule is COc1ccc(C)c(N(CC(=O)Nc2cnccc2C)S(=O)(=O)c2ccccc2)c1. The van der Waals surface area contributed by atoms with Crippen molar-refractivity contribution in [2.45, 2.75) is 18.7 Å². The van der Waals surface area contributed by atoms with Gasteiger partial charge in [0.05, 0.1) is 29.6 Å². The highest BCUT2D eigenvalue weighted by Crippen LogP contribution is 2.30. The zero-order valence-electron chi connectivity index (χ0n) is 17.0. The van der Waals surface area contributed by atoms with Crippen molar-refractivity contribution >= 4 is 27.3 Å². The number of pyridine rings is 1. The second-order valence-electron chi connectivity index (χ2n) is 6.72. The van der Waals surface area contributed by atoms with Crippen molar-refractivity contribution in [1.29, 1.82) is 0 Å². The van der Waals surface area contributed by atoms with Gasteiger partial charge in [0.15, 0.2) is 0 Å². The Hall–Kier alpha value is -3.39. The predicted molar refractivity (Wildman–Crippen MR) is 116 cm³/mol. The Morgan fingerprint density at radius 3 is 2.47 bits per heavy atom. The van der Waals surface area contributed by atoms with Crippen molar-refractivity contribution < 1.29 is 17.9 Å². The second-order valence-corrected chi connectivity index (χ2v) is 8.58. The van der Waals surface area contributed by atoms with Gasteiger partial charge in [0.25, 0.3) is 10.0 Å². The van der Waals surface area contributed by atoms with E-state index in [1.807, 2.05) is 6.92 Å². The molecule has 0 aliphatic heterocycles. The Kier molecular flexibility index (Phi) is 6.37. The first kappa shape index (κ1) is 21.3.